The molecule has 0 bridgehead atoms. The molecule has 0 heterocycles. The molecule has 3 aromatic carbocycles. The lowest BCUT2D eigenvalue weighted by Gasteiger charge is -2.34. The van der Waals surface area contributed by atoms with Gasteiger partial charge in [0.15, 0.2) is 0 Å². The molecule has 0 spiro atoms. The van der Waals surface area contributed by atoms with Crippen LogP contribution in [0.5, 0.6) is 5.75 Å². The lowest BCUT2D eigenvalue weighted by molar-refractivity contribution is -0.143. The third-order valence-electron chi connectivity index (χ3n) is 6.97. The second-order valence-electron chi connectivity index (χ2n) is 8.99. The fourth-order valence-electron chi connectivity index (χ4n) is 4.82. The number of benzene rings is 3. The van der Waals surface area contributed by atoms with Crippen LogP contribution in [0.3, 0.4) is 0 Å². The minimum atomic E-state index is -0.132. The molecule has 0 aliphatic rings. The molecular formula is C31H38O3. The van der Waals surface area contributed by atoms with Gasteiger partial charge in [-0.25, -0.2) is 0 Å². The minimum absolute atomic E-state index is 0.0624. The zero-order valence-corrected chi connectivity index (χ0v) is 21.3. The van der Waals surface area contributed by atoms with Gasteiger partial charge in [0.25, 0.3) is 0 Å². The highest BCUT2D eigenvalue weighted by molar-refractivity contribution is 5.69. The van der Waals surface area contributed by atoms with Gasteiger partial charge in [0.1, 0.15) is 12.4 Å². The highest BCUT2D eigenvalue weighted by atomic mass is 16.5. The highest BCUT2D eigenvalue weighted by Gasteiger charge is 2.31. The van der Waals surface area contributed by atoms with Crippen molar-refractivity contribution in [3.05, 3.63) is 100 Å². The summed E-state index contributed by atoms with van der Waals surface area (Å²) in [5, 5.41) is 0. The number of hydrogen-bond acceptors (Lipinski definition) is 3. The molecular weight excluding hydrogens is 420 g/mol. The fraction of sp³-hybridized carbons (Fsp3) is 0.387. The number of hydrogen-bond donors (Lipinski definition) is 0. The molecule has 0 saturated heterocycles. The van der Waals surface area contributed by atoms with Crippen molar-refractivity contribution in [3.63, 3.8) is 0 Å². The van der Waals surface area contributed by atoms with Gasteiger partial charge in [0.2, 0.25) is 0 Å². The molecule has 0 aliphatic carbocycles. The summed E-state index contributed by atoms with van der Waals surface area (Å²) in [5.41, 5.74) is 7.34. The van der Waals surface area contributed by atoms with Crippen LogP contribution < -0.4 is 4.74 Å². The molecule has 0 aliphatic heterocycles. The average molecular weight is 459 g/mol. The Labute approximate surface area is 205 Å². The van der Waals surface area contributed by atoms with Gasteiger partial charge in [-0.15, -0.1) is 0 Å². The average Bonchev–Trinajstić information content (AvgIpc) is 2.85. The molecule has 0 amide bonds. The number of esters is 1. The summed E-state index contributed by atoms with van der Waals surface area (Å²) in [4.78, 5) is 11.8. The molecule has 34 heavy (non-hydrogen) atoms. The number of rotatable bonds is 11. The molecule has 0 aromatic heterocycles. The van der Waals surface area contributed by atoms with Crippen molar-refractivity contribution in [2.75, 3.05) is 6.61 Å². The van der Waals surface area contributed by atoms with Crippen molar-refractivity contribution >= 4 is 5.97 Å². The van der Waals surface area contributed by atoms with Crippen LogP contribution in [0, 0.1) is 13.8 Å². The second-order valence-corrected chi connectivity index (χ2v) is 8.99. The quantitative estimate of drug-likeness (QED) is 0.279. The van der Waals surface area contributed by atoms with Gasteiger partial charge < -0.3 is 9.47 Å². The Morgan fingerprint density at radius 3 is 2.06 bits per heavy atom. The van der Waals surface area contributed by atoms with E-state index in [0.717, 1.165) is 24.2 Å². The van der Waals surface area contributed by atoms with E-state index in [0.29, 0.717) is 26.1 Å². The van der Waals surface area contributed by atoms with Crippen LogP contribution in [0.4, 0.5) is 0 Å². The Bertz CT molecular complexity index is 1080. The topological polar surface area (TPSA) is 35.5 Å². The summed E-state index contributed by atoms with van der Waals surface area (Å²) in [7, 11) is 0. The molecule has 0 unspecified atom stereocenters. The van der Waals surface area contributed by atoms with Crippen molar-refractivity contribution in [3.8, 4) is 5.75 Å². The highest BCUT2D eigenvalue weighted by Crippen LogP contribution is 2.41. The van der Waals surface area contributed by atoms with Crippen LogP contribution in [0.15, 0.2) is 66.7 Å². The molecule has 3 rings (SSSR count). The Morgan fingerprint density at radius 2 is 1.47 bits per heavy atom. The number of carbonyl (C=O) groups is 1. The predicted molar refractivity (Wildman–Crippen MR) is 139 cm³/mol. The smallest absolute Gasteiger partial charge is 0.306 e. The van der Waals surface area contributed by atoms with Gasteiger partial charge in [-0.05, 0) is 79.5 Å². The number of carbonyl (C=O) groups excluding carboxylic acids is 1. The normalized spacial score (nSPS) is 11.3. The summed E-state index contributed by atoms with van der Waals surface area (Å²) in [6, 6.07) is 23.6. The zero-order valence-electron chi connectivity index (χ0n) is 21.3. The second kappa shape index (κ2) is 11.9. The van der Waals surface area contributed by atoms with Gasteiger partial charge in [-0.2, -0.15) is 0 Å². The first-order valence-corrected chi connectivity index (χ1v) is 12.5. The maximum Gasteiger partial charge on any atom is 0.306 e. The lowest BCUT2D eigenvalue weighted by atomic mass is 9.69. The van der Waals surface area contributed by atoms with Crippen LogP contribution in [0.2, 0.25) is 0 Å². The summed E-state index contributed by atoms with van der Waals surface area (Å²) in [6.07, 6.45) is 3.15. The van der Waals surface area contributed by atoms with Crippen molar-refractivity contribution in [2.45, 2.75) is 72.3 Å². The monoisotopic (exact) mass is 458 g/mol. The maximum absolute atomic E-state index is 11.8. The Morgan fingerprint density at radius 1 is 0.824 bits per heavy atom. The Hall–Kier alpha value is -3.07. The van der Waals surface area contributed by atoms with Crippen LogP contribution >= 0.6 is 0 Å². The van der Waals surface area contributed by atoms with Crippen LogP contribution in [-0.2, 0) is 28.0 Å². The molecule has 3 nitrogen and oxygen atoms in total. The van der Waals surface area contributed by atoms with Gasteiger partial charge in [-0.3, -0.25) is 4.79 Å². The Balaban J connectivity index is 1.83. The Kier molecular flexibility index (Phi) is 8.92. The van der Waals surface area contributed by atoms with E-state index in [4.69, 9.17) is 9.47 Å². The molecule has 3 aromatic rings. The predicted octanol–water partition coefficient (Wildman–Crippen LogP) is 7.48. The van der Waals surface area contributed by atoms with E-state index in [2.05, 4.69) is 76.2 Å². The van der Waals surface area contributed by atoms with Gasteiger partial charge in [-0.1, -0.05) is 74.5 Å². The van der Waals surface area contributed by atoms with E-state index in [9.17, 15) is 4.79 Å². The first-order valence-electron chi connectivity index (χ1n) is 12.5. The molecule has 180 valence electrons. The van der Waals surface area contributed by atoms with Gasteiger partial charge in [0, 0.05) is 11.8 Å². The largest absolute Gasteiger partial charge is 0.489 e. The van der Waals surface area contributed by atoms with E-state index in [1.165, 1.54) is 27.8 Å². The van der Waals surface area contributed by atoms with E-state index in [-0.39, 0.29) is 11.4 Å². The zero-order chi connectivity index (χ0) is 24.6. The summed E-state index contributed by atoms with van der Waals surface area (Å²) >= 11 is 0. The molecule has 0 saturated carbocycles. The number of aryl methyl sites for hydroxylation is 3. The fourth-order valence-corrected chi connectivity index (χ4v) is 4.82. The standard InChI is InChI=1S/C31H38O3/c1-6-31(7-2,27-16-14-26(23(4)20-27)15-19-30(32)33-8-3)28-17-18-29(24(5)21-28)34-22-25-12-10-9-11-13-25/h9-14,16-18,20-21H,6-8,15,19,22H2,1-5H3. The summed E-state index contributed by atoms with van der Waals surface area (Å²) in [5.74, 6) is 0.798. The van der Waals surface area contributed by atoms with Crippen molar-refractivity contribution < 1.29 is 14.3 Å². The van der Waals surface area contributed by atoms with E-state index >= 15 is 0 Å². The van der Waals surface area contributed by atoms with E-state index in [1.807, 2.05) is 25.1 Å². The maximum atomic E-state index is 11.8. The minimum Gasteiger partial charge on any atom is -0.489 e. The van der Waals surface area contributed by atoms with Crippen LogP contribution in [0.1, 0.15) is 73.4 Å². The van der Waals surface area contributed by atoms with Gasteiger partial charge >= 0.3 is 5.97 Å². The van der Waals surface area contributed by atoms with Crippen LogP contribution in [0.25, 0.3) is 0 Å². The molecule has 0 atom stereocenters. The van der Waals surface area contributed by atoms with Crippen molar-refractivity contribution in [1.29, 1.82) is 0 Å². The van der Waals surface area contributed by atoms with E-state index < -0.39 is 0 Å². The molecule has 0 fully saturated rings. The van der Waals surface area contributed by atoms with Crippen molar-refractivity contribution in [1.82, 2.24) is 0 Å². The van der Waals surface area contributed by atoms with Gasteiger partial charge in [0.05, 0.1) is 6.61 Å². The van der Waals surface area contributed by atoms with Crippen LogP contribution in [-0.4, -0.2) is 12.6 Å². The summed E-state index contributed by atoms with van der Waals surface area (Å²) in [6.45, 7) is 11.7. The summed E-state index contributed by atoms with van der Waals surface area (Å²) < 4.78 is 11.2. The first-order chi connectivity index (χ1) is 16.4. The molecule has 0 N–H and O–H groups in total. The van der Waals surface area contributed by atoms with Crippen molar-refractivity contribution in [2.24, 2.45) is 0 Å². The third kappa shape index (κ3) is 5.88. The third-order valence-corrected chi connectivity index (χ3v) is 6.97. The van der Waals surface area contributed by atoms with E-state index in [1.54, 1.807) is 0 Å². The lowest BCUT2D eigenvalue weighted by Crippen LogP contribution is -2.26. The number of ether oxygens (including phenoxy) is 2. The molecule has 3 heteroatoms. The molecule has 0 radical (unpaired) electrons. The SMILES string of the molecule is CCOC(=O)CCc1ccc(C(CC)(CC)c2ccc(OCc3ccccc3)c(C)c2)cc1C. The first kappa shape index (κ1) is 25.6.